The minimum absolute atomic E-state index is 0.195. The van der Waals surface area contributed by atoms with Gasteiger partial charge < -0.3 is 10.3 Å². The number of aryl methyl sites for hydroxylation is 1. The Morgan fingerprint density at radius 1 is 1.00 bits per heavy atom. The lowest BCUT2D eigenvalue weighted by Crippen LogP contribution is -2.15. The molecule has 5 nitrogen and oxygen atoms in total. The maximum absolute atomic E-state index is 13.5. The molecule has 0 aliphatic rings. The molecule has 0 spiro atoms. The third-order valence-corrected chi connectivity index (χ3v) is 5.80. The van der Waals surface area contributed by atoms with Crippen LogP contribution < -0.4 is 5.73 Å². The van der Waals surface area contributed by atoms with E-state index >= 15 is 0 Å². The lowest BCUT2D eigenvalue weighted by molar-refractivity contribution is -0.118. The molecule has 158 valence electrons. The normalized spacial score (nSPS) is 11.4. The fraction of sp³-hybridized carbons (Fsp3) is 0.318. The summed E-state index contributed by atoms with van der Waals surface area (Å²) in [5, 5.41) is 9.07. The Morgan fingerprint density at radius 3 is 2.00 bits per heavy atom. The Morgan fingerprint density at radius 2 is 1.53 bits per heavy atom. The number of nitrogens with zero attached hydrogens (tertiary/aromatic N) is 3. The summed E-state index contributed by atoms with van der Waals surface area (Å²) in [5.41, 5.74) is 7.03. The number of hydrogen-bond acceptors (Lipinski definition) is 4. The maximum atomic E-state index is 13.5. The van der Waals surface area contributed by atoms with E-state index in [4.69, 9.17) is 5.73 Å². The van der Waals surface area contributed by atoms with Gasteiger partial charge in [0.1, 0.15) is 17.5 Å². The number of thioether (sulfide) groups is 1. The molecular formula is C22H24F2N4OS. The first-order valence-electron chi connectivity index (χ1n) is 9.71. The molecule has 0 fully saturated rings. The molecule has 8 heteroatoms. The molecular weight excluding hydrogens is 406 g/mol. The first kappa shape index (κ1) is 22.0. The van der Waals surface area contributed by atoms with Crippen molar-refractivity contribution in [3.05, 3.63) is 77.1 Å². The second kappa shape index (κ2) is 9.84. The monoisotopic (exact) mass is 430 g/mol. The van der Waals surface area contributed by atoms with Gasteiger partial charge in [-0.1, -0.05) is 49.9 Å². The van der Waals surface area contributed by atoms with E-state index in [0.29, 0.717) is 29.9 Å². The number of aromatic nitrogens is 3. The molecule has 0 saturated heterocycles. The predicted molar refractivity (Wildman–Crippen MR) is 113 cm³/mol. The number of amides is 1. The lowest BCUT2D eigenvalue weighted by Gasteiger charge is -2.19. The van der Waals surface area contributed by atoms with Gasteiger partial charge in [0.25, 0.3) is 0 Å². The molecule has 0 radical (unpaired) electrons. The van der Waals surface area contributed by atoms with Crippen LogP contribution in [0.2, 0.25) is 0 Å². The van der Waals surface area contributed by atoms with Gasteiger partial charge in [-0.15, -0.1) is 10.2 Å². The number of halogens is 2. The van der Waals surface area contributed by atoms with Crippen molar-refractivity contribution < 1.29 is 13.6 Å². The smallest absolute Gasteiger partial charge is 0.217 e. The van der Waals surface area contributed by atoms with E-state index < -0.39 is 0 Å². The van der Waals surface area contributed by atoms with E-state index in [1.807, 2.05) is 4.57 Å². The van der Waals surface area contributed by atoms with Crippen LogP contribution in [0.15, 0.2) is 53.7 Å². The van der Waals surface area contributed by atoms with Gasteiger partial charge >= 0.3 is 0 Å². The molecule has 0 unspecified atom stereocenters. The summed E-state index contributed by atoms with van der Waals surface area (Å²) in [4.78, 5) is 11.2. The van der Waals surface area contributed by atoms with Crippen LogP contribution in [0, 0.1) is 17.6 Å². The molecule has 1 aromatic heterocycles. The van der Waals surface area contributed by atoms with Gasteiger partial charge in [-0.3, -0.25) is 4.79 Å². The van der Waals surface area contributed by atoms with Gasteiger partial charge in [-0.2, -0.15) is 0 Å². The van der Waals surface area contributed by atoms with Crippen LogP contribution in [0.1, 0.15) is 42.5 Å². The van der Waals surface area contributed by atoms with Gasteiger partial charge in [0.05, 0.1) is 5.25 Å². The second-order valence-electron chi connectivity index (χ2n) is 7.47. The molecule has 30 heavy (non-hydrogen) atoms. The average Bonchev–Trinajstić information content (AvgIpc) is 3.07. The van der Waals surface area contributed by atoms with E-state index in [1.165, 1.54) is 36.0 Å². The van der Waals surface area contributed by atoms with Crippen molar-refractivity contribution in [3.63, 3.8) is 0 Å². The van der Waals surface area contributed by atoms with Crippen molar-refractivity contribution in [2.75, 3.05) is 0 Å². The summed E-state index contributed by atoms with van der Waals surface area (Å²) < 4.78 is 28.9. The molecule has 2 aromatic carbocycles. The Kier molecular flexibility index (Phi) is 7.20. The number of carbonyl (C=O) groups is 1. The first-order chi connectivity index (χ1) is 14.3. The number of carbonyl (C=O) groups excluding carboxylic acids is 1. The summed E-state index contributed by atoms with van der Waals surface area (Å²) in [6, 6.07) is 12.5. The third-order valence-electron chi connectivity index (χ3n) is 4.50. The molecule has 1 heterocycles. The molecule has 3 rings (SSSR count). The van der Waals surface area contributed by atoms with Crippen LogP contribution >= 0.6 is 11.8 Å². The first-order valence-corrected chi connectivity index (χ1v) is 10.6. The van der Waals surface area contributed by atoms with Crippen LogP contribution in [0.4, 0.5) is 8.78 Å². The number of primary amides is 1. The van der Waals surface area contributed by atoms with Crippen molar-refractivity contribution in [3.8, 4) is 0 Å². The average molecular weight is 431 g/mol. The summed E-state index contributed by atoms with van der Waals surface area (Å²) >= 11 is 1.46. The van der Waals surface area contributed by atoms with Crippen LogP contribution in [0.5, 0.6) is 0 Å². The van der Waals surface area contributed by atoms with Crippen molar-refractivity contribution in [2.45, 2.75) is 43.6 Å². The van der Waals surface area contributed by atoms with Crippen molar-refractivity contribution in [1.29, 1.82) is 0 Å². The molecule has 0 aliphatic heterocycles. The summed E-state index contributed by atoms with van der Waals surface area (Å²) in [7, 11) is 0. The quantitative estimate of drug-likeness (QED) is 0.507. The Hall–Kier alpha value is -2.74. The third kappa shape index (κ3) is 5.66. The highest BCUT2D eigenvalue weighted by Crippen LogP contribution is 2.40. The van der Waals surface area contributed by atoms with E-state index in [9.17, 15) is 13.6 Å². The van der Waals surface area contributed by atoms with Crippen molar-refractivity contribution in [2.24, 2.45) is 11.7 Å². The Balaban J connectivity index is 1.98. The van der Waals surface area contributed by atoms with Crippen molar-refractivity contribution >= 4 is 17.7 Å². The molecule has 3 aromatic rings. The van der Waals surface area contributed by atoms with Gasteiger partial charge in [0.15, 0.2) is 5.16 Å². The number of hydrogen-bond donors (Lipinski definition) is 1. The second-order valence-corrected chi connectivity index (χ2v) is 8.54. The van der Waals surface area contributed by atoms with Crippen LogP contribution in [0.25, 0.3) is 0 Å². The highest BCUT2D eigenvalue weighted by Gasteiger charge is 2.22. The molecule has 0 bridgehead atoms. The Bertz CT molecular complexity index is 942. The fourth-order valence-corrected chi connectivity index (χ4v) is 4.28. The summed E-state index contributed by atoms with van der Waals surface area (Å²) in [6.45, 7) is 4.86. The molecule has 2 N–H and O–H groups in total. The van der Waals surface area contributed by atoms with Gasteiger partial charge in [-0.05, 0) is 41.3 Å². The SMILES string of the molecule is CC(C)Cn1c(CCC(N)=O)nnc1SC(c1ccc(F)cc1)c1ccc(F)cc1. The standard InChI is InChI=1S/C22H24F2N4OS/c1-14(2)13-28-20(12-11-19(25)29)26-27-22(28)30-21(15-3-7-17(23)8-4-15)16-5-9-18(24)10-6-16/h3-10,14,21H,11-13H2,1-2H3,(H2,25,29). The minimum atomic E-state index is -0.390. The van der Waals surface area contributed by atoms with Crippen LogP contribution in [-0.4, -0.2) is 20.7 Å². The number of nitrogens with two attached hydrogens (primary N) is 1. The fourth-order valence-electron chi connectivity index (χ4n) is 3.08. The maximum Gasteiger partial charge on any atom is 0.217 e. The van der Waals surface area contributed by atoms with Crippen LogP contribution in [-0.2, 0) is 17.8 Å². The summed E-state index contributed by atoms with van der Waals surface area (Å²) in [6.07, 6.45) is 0.605. The Labute approximate surface area is 178 Å². The lowest BCUT2D eigenvalue weighted by atomic mass is 10.0. The van der Waals surface area contributed by atoms with Gasteiger partial charge in [0, 0.05) is 19.4 Å². The molecule has 0 saturated carbocycles. The zero-order valence-electron chi connectivity index (χ0n) is 16.9. The zero-order chi connectivity index (χ0) is 21.7. The molecule has 0 atom stereocenters. The number of benzene rings is 2. The molecule has 0 aliphatic carbocycles. The highest BCUT2D eigenvalue weighted by atomic mass is 32.2. The van der Waals surface area contributed by atoms with Crippen LogP contribution in [0.3, 0.4) is 0 Å². The van der Waals surface area contributed by atoms with E-state index in [-0.39, 0.29) is 29.2 Å². The largest absolute Gasteiger partial charge is 0.370 e. The number of rotatable bonds is 9. The van der Waals surface area contributed by atoms with Gasteiger partial charge in [0.2, 0.25) is 5.91 Å². The van der Waals surface area contributed by atoms with Crippen molar-refractivity contribution in [1.82, 2.24) is 14.8 Å². The van der Waals surface area contributed by atoms with E-state index in [2.05, 4.69) is 24.0 Å². The minimum Gasteiger partial charge on any atom is -0.370 e. The van der Waals surface area contributed by atoms with E-state index in [1.54, 1.807) is 24.3 Å². The van der Waals surface area contributed by atoms with E-state index in [0.717, 1.165) is 11.1 Å². The van der Waals surface area contributed by atoms with Gasteiger partial charge in [-0.25, -0.2) is 8.78 Å². The summed E-state index contributed by atoms with van der Waals surface area (Å²) in [5.74, 6) is 0.000158. The predicted octanol–water partition coefficient (Wildman–Crippen LogP) is 4.51. The molecule has 1 amide bonds. The highest BCUT2D eigenvalue weighted by molar-refractivity contribution is 7.99. The topological polar surface area (TPSA) is 73.8 Å². The zero-order valence-corrected chi connectivity index (χ0v) is 17.7.